The molecule has 2 fully saturated rings. The summed E-state index contributed by atoms with van der Waals surface area (Å²) in [6.45, 7) is 1.61. The van der Waals surface area contributed by atoms with E-state index in [-0.39, 0.29) is 24.9 Å². The van der Waals surface area contributed by atoms with E-state index in [1.54, 1.807) is 0 Å². The van der Waals surface area contributed by atoms with Crippen LogP contribution in [-0.2, 0) is 14.2 Å². The van der Waals surface area contributed by atoms with Gasteiger partial charge in [0.25, 0.3) is 0 Å². The number of hydrogen-bond donors (Lipinski definition) is 3. The second-order valence-corrected chi connectivity index (χ2v) is 4.60. The predicted molar refractivity (Wildman–Crippen MR) is 61.6 cm³/mol. The quantitative estimate of drug-likeness (QED) is 0.613. The first kappa shape index (κ1) is 13.8. The third kappa shape index (κ3) is 3.21. The van der Waals surface area contributed by atoms with Crippen molar-refractivity contribution < 1.29 is 29.5 Å². The monoisotopic (exact) mass is 260 g/mol. The fourth-order valence-corrected chi connectivity index (χ4v) is 2.21. The van der Waals surface area contributed by atoms with Crippen molar-refractivity contribution in [1.82, 2.24) is 0 Å². The summed E-state index contributed by atoms with van der Waals surface area (Å²) < 4.78 is 15.1. The molecule has 6 heteroatoms. The molecule has 0 aromatic carbocycles. The highest BCUT2D eigenvalue weighted by Crippen LogP contribution is 2.30. The molecule has 0 radical (unpaired) electrons. The topological polar surface area (TPSA) is 88.4 Å². The van der Waals surface area contributed by atoms with Crippen LogP contribution >= 0.6 is 0 Å². The smallest absolute Gasteiger partial charge is 0.163 e. The molecule has 3 heterocycles. The molecular formula is C12H20O6. The van der Waals surface area contributed by atoms with Gasteiger partial charge >= 0.3 is 0 Å². The zero-order valence-electron chi connectivity index (χ0n) is 10.2. The van der Waals surface area contributed by atoms with E-state index in [4.69, 9.17) is 24.4 Å². The Balaban J connectivity index is 0.000000134. The molecule has 3 aliphatic heterocycles. The van der Waals surface area contributed by atoms with Gasteiger partial charge < -0.3 is 29.5 Å². The molecular weight excluding hydrogens is 240 g/mol. The zero-order valence-corrected chi connectivity index (χ0v) is 10.2. The Kier molecular flexibility index (Phi) is 4.96. The van der Waals surface area contributed by atoms with Crippen molar-refractivity contribution in [3.8, 4) is 0 Å². The molecule has 2 saturated heterocycles. The molecule has 4 atom stereocenters. The molecule has 104 valence electrons. The van der Waals surface area contributed by atoms with Crippen molar-refractivity contribution in [2.75, 3.05) is 26.4 Å². The minimum atomic E-state index is -0.715. The first-order valence-corrected chi connectivity index (χ1v) is 6.23. The number of aliphatic hydroxyl groups excluding tert-OH is 3. The Hall–Kier alpha value is -0.660. The summed E-state index contributed by atoms with van der Waals surface area (Å²) in [5, 5.41) is 26.6. The summed E-state index contributed by atoms with van der Waals surface area (Å²) in [6.07, 6.45) is 2.11. The van der Waals surface area contributed by atoms with Crippen LogP contribution in [0.5, 0.6) is 0 Å². The number of rotatable bonds is 2. The summed E-state index contributed by atoms with van der Waals surface area (Å²) in [6, 6.07) is 0. The summed E-state index contributed by atoms with van der Waals surface area (Å²) >= 11 is 0. The predicted octanol–water partition coefficient (Wildman–Crippen LogP) is -0.616. The third-order valence-electron chi connectivity index (χ3n) is 3.35. The molecule has 3 rings (SSSR count). The van der Waals surface area contributed by atoms with Crippen LogP contribution in [0.4, 0.5) is 0 Å². The first-order valence-electron chi connectivity index (χ1n) is 6.23. The Bertz CT molecular complexity index is 292. The average molecular weight is 260 g/mol. The highest BCUT2D eigenvalue weighted by Gasteiger charge is 2.40. The fourth-order valence-electron chi connectivity index (χ4n) is 2.21. The molecule has 18 heavy (non-hydrogen) atoms. The Labute approximate surface area is 106 Å². The summed E-state index contributed by atoms with van der Waals surface area (Å²) in [7, 11) is 0. The van der Waals surface area contributed by atoms with Gasteiger partial charge in [0.15, 0.2) is 6.29 Å². The minimum Gasteiger partial charge on any atom is -0.501 e. The van der Waals surface area contributed by atoms with E-state index in [1.165, 1.54) is 6.26 Å². The van der Waals surface area contributed by atoms with Crippen molar-refractivity contribution in [3.63, 3.8) is 0 Å². The van der Waals surface area contributed by atoms with Gasteiger partial charge in [0.05, 0.1) is 38.8 Å². The summed E-state index contributed by atoms with van der Waals surface area (Å²) in [5.74, 6) is 0.255. The third-order valence-corrected chi connectivity index (χ3v) is 3.35. The molecule has 0 aromatic heterocycles. The minimum absolute atomic E-state index is 0.0972. The number of ether oxygens (including phenoxy) is 3. The maximum absolute atomic E-state index is 9.19. The van der Waals surface area contributed by atoms with Crippen molar-refractivity contribution in [2.24, 2.45) is 5.92 Å². The maximum atomic E-state index is 9.19. The van der Waals surface area contributed by atoms with Crippen LogP contribution in [-0.4, -0.2) is 60.2 Å². The molecule has 4 unspecified atom stereocenters. The zero-order chi connectivity index (χ0) is 13.0. The van der Waals surface area contributed by atoms with Gasteiger partial charge in [-0.25, -0.2) is 0 Å². The second kappa shape index (κ2) is 6.49. The Morgan fingerprint density at radius 1 is 1.33 bits per heavy atom. The summed E-state index contributed by atoms with van der Waals surface area (Å²) in [4.78, 5) is 0. The van der Waals surface area contributed by atoms with E-state index in [0.717, 1.165) is 25.0 Å². The summed E-state index contributed by atoms with van der Waals surface area (Å²) in [5.41, 5.74) is 0.789. The molecule has 0 aliphatic carbocycles. The lowest BCUT2D eigenvalue weighted by atomic mass is 10.0. The first-order chi connectivity index (χ1) is 8.72. The number of fused-ring (bicyclic) bond motifs is 1. The average Bonchev–Trinajstić information content (AvgIpc) is 3.08. The van der Waals surface area contributed by atoms with Crippen LogP contribution in [0.2, 0.25) is 0 Å². The standard InChI is InChI=1S/2C6H10O3/c7-5-3-9-6-4(5)1-2-8-6;7-3-6(8)5-1-2-9-4-5/h4-7H,1-3H2;4,6-8H,1-3H2. The molecule has 3 aliphatic rings. The maximum Gasteiger partial charge on any atom is 0.163 e. The highest BCUT2D eigenvalue weighted by molar-refractivity contribution is 5.07. The van der Waals surface area contributed by atoms with Gasteiger partial charge in [-0.2, -0.15) is 0 Å². The Morgan fingerprint density at radius 2 is 2.17 bits per heavy atom. The molecule has 0 bridgehead atoms. The van der Waals surface area contributed by atoms with E-state index in [9.17, 15) is 5.11 Å². The van der Waals surface area contributed by atoms with Crippen molar-refractivity contribution in [3.05, 3.63) is 11.8 Å². The lowest BCUT2D eigenvalue weighted by Gasteiger charge is -2.06. The molecule has 3 N–H and O–H groups in total. The second-order valence-electron chi connectivity index (χ2n) is 4.60. The molecule has 0 aromatic rings. The van der Waals surface area contributed by atoms with Gasteiger partial charge in [0.1, 0.15) is 6.10 Å². The number of hydrogen-bond acceptors (Lipinski definition) is 6. The van der Waals surface area contributed by atoms with E-state index < -0.39 is 6.10 Å². The Morgan fingerprint density at radius 3 is 2.78 bits per heavy atom. The lowest BCUT2D eigenvalue weighted by Crippen LogP contribution is -2.18. The largest absolute Gasteiger partial charge is 0.501 e. The van der Waals surface area contributed by atoms with Crippen LogP contribution in [0.1, 0.15) is 12.8 Å². The molecule has 0 spiro atoms. The SMILES string of the molecule is OC1COC2OCCC12.OCC(O)C1=COCC1. The van der Waals surface area contributed by atoms with Crippen molar-refractivity contribution in [1.29, 1.82) is 0 Å². The lowest BCUT2D eigenvalue weighted by molar-refractivity contribution is -0.0907. The van der Waals surface area contributed by atoms with Crippen LogP contribution in [0.15, 0.2) is 11.8 Å². The molecule has 0 saturated carbocycles. The van der Waals surface area contributed by atoms with Crippen LogP contribution in [0, 0.1) is 5.92 Å². The van der Waals surface area contributed by atoms with Crippen LogP contribution < -0.4 is 0 Å². The van der Waals surface area contributed by atoms with E-state index in [0.29, 0.717) is 13.2 Å². The van der Waals surface area contributed by atoms with Gasteiger partial charge in [-0.15, -0.1) is 0 Å². The molecule has 6 nitrogen and oxygen atoms in total. The number of aliphatic hydroxyl groups is 3. The van der Waals surface area contributed by atoms with Crippen molar-refractivity contribution >= 4 is 0 Å². The fraction of sp³-hybridized carbons (Fsp3) is 0.833. The van der Waals surface area contributed by atoms with Gasteiger partial charge in [0, 0.05) is 12.3 Å². The van der Waals surface area contributed by atoms with E-state index >= 15 is 0 Å². The van der Waals surface area contributed by atoms with E-state index in [1.807, 2.05) is 0 Å². The van der Waals surface area contributed by atoms with Gasteiger partial charge in [-0.1, -0.05) is 0 Å². The van der Waals surface area contributed by atoms with Crippen LogP contribution in [0.3, 0.4) is 0 Å². The van der Waals surface area contributed by atoms with Crippen molar-refractivity contribution in [2.45, 2.75) is 31.3 Å². The van der Waals surface area contributed by atoms with Gasteiger partial charge in [-0.3, -0.25) is 0 Å². The van der Waals surface area contributed by atoms with Gasteiger partial charge in [0.2, 0.25) is 0 Å². The molecule has 0 amide bonds. The van der Waals surface area contributed by atoms with Gasteiger partial charge in [-0.05, 0) is 12.0 Å². The normalized spacial score (nSPS) is 35.3. The van der Waals surface area contributed by atoms with Crippen LogP contribution in [0.25, 0.3) is 0 Å². The highest BCUT2D eigenvalue weighted by atomic mass is 16.7. The van der Waals surface area contributed by atoms with E-state index in [2.05, 4.69) is 0 Å².